The molecule has 6 heteroatoms. The molecule has 6 nitrogen and oxygen atoms in total. The highest BCUT2D eigenvalue weighted by Crippen LogP contribution is 2.39. The third-order valence-corrected chi connectivity index (χ3v) is 6.67. The van der Waals surface area contributed by atoms with Crippen molar-refractivity contribution in [1.29, 1.82) is 0 Å². The molecule has 32 heavy (non-hydrogen) atoms. The summed E-state index contributed by atoms with van der Waals surface area (Å²) in [5.74, 6) is -0.169. The maximum absolute atomic E-state index is 13.1. The lowest BCUT2D eigenvalue weighted by atomic mass is 9.74. The summed E-state index contributed by atoms with van der Waals surface area (Å²) in [4.78, 5) is 26.5. The molecule has 0 heterocycles. The van der Waals surface area contributed by atoms with Gasteiger partial charge in [0.1, 0.15) is 0 Å². The van der Waals surface area contributed by atoms with E-state index in [2.05, 4.69) is 17.4 Å². The predicted octanol–water partition coefficient (Wildman–Crippen LogP) is 3.28. The molecule has 0 saturated heterocycles. The van der Waals surface area contributed by atoms with Gasteiger partial charge in [-0.25, -0.2) is 0 Å². The van der Waals surface area contributed by atoms with Crippen LogP contribution in [0.25, 0.3) is 0 Å². The lowest BCUT2D eigenvalue weighted by Gasteiger charge is -2.34. The molecule has 1 aliphatic carbocycles. The molecular formula is C26H34N2O4. The Morgan fingerprint density at radius 1 is 1.09 bits per heavy atom. The van der Waals surface area contributed by atoms with Gasteiger partial charge in [-0.1, -0.05) is 42.5 Å². The van der Waals surface area contributed by atoms with Gasteiger partial charge in [-0.2, -0.15) is 0 Å². The Morgan fingerprint density at radius 2 is 1.75 bits per heavy atom. The number of ether oxygens (including phenoxy) is 1. The Labute approximate surface area is 190 Å². The van der Waals surface area contributed by atoms with E-state index in [9.17, 15) is 14.7 Å². The number of hydrogen-bond acceptors (Lipinski definition) is 4. The molecule has 0 radical (unpaired) electrons. The molecule has 0 aliphatic heterocycles. The van der Waals surface area contributed by atoms with Crippen molar-refractivity contribution >= 4 is 11.8 Å². The Hall–Kier alpha value is -2.70. The van der Waals surface area contributed by atoms with Crippen molar-refractivity contribution in [2.45, 2.75) is 56.8 Å². The van der Waals surface area contributed by atoms with Crippen LogP contribution < -0.4 is 5.32 Å². The summed E-state index contributed by atoms with van der Waals surface area (Å²) >= 11 is 0. The van der Waals surface area contributed by atoms with Crippen LogP contribution in [0.4, 0.5) is 0 Å². The van der Waals surface area contributed by atoms with Gasteiger partial charge in [-0.15, -0.1) is 0 Å². The summed E-state index contributed by atoms with van der Waals surface area (Å²) in [7, 11) is 3.41. The number of likely N-dealkylation sites (N-methyl/N-ethyl adjacent to an activating group) is 1. The Balaban J connectivity index is 1.79. The highest BCUT2D eigenvalue weighted by molar-refractivity contribution is 5.94. The van der Waals surface area contributed by atoms with Gasteiger partial charge in [0.2, 0.25) is 5.91 Å². The fraction of sp³-hybridized carbons (Fsp3) is 0.462. The van der Waals surface area contributed by atoms with E-state index in [0.29, 0.717) is 31.6 Å². The van der Waals surface area contributed by atoms with E-state index < -0.39 is 6.10 Å². The first-order valence-electron chi connectivity index (χ1n) is 11.2. The van der Waals surface area contributed by atoms with Crippen LogP contribution in [0.3, 0.4) is 0 Å². The van der Waals surface area contributed by atoms with Crippen molar-refractivity contribution in [3.8, 4) is 0 Å². The molecule has 0 aromatic heterocycles. The normalized spacial score (nSPS) is 23.2. The molecule has 0 unspecified atom stereocenters. The minimum absolute atomic E-state index is 0.0640. The highest BCUT2D eigenvalue weighted by atomic mass is 16.5. The number of carbonyl (C=O) groups excluding carboxylic acids is 2. The monoisotopic (exact) mass is 438 g/mol. The number of aliphatic hydroxyl groups is 1. The molecule has 1 fully saturated rings. The number of nitrogens with one attached hydrogen (secondary N) is 1. The average molecular weight is 439 g/mol. The van der Waals surface area contributed by atoms with Crippen molar-refractivity contribution in [2.75, 3.05) is 20.7 Å². The second kappa shape index (κ2) is 10.7. The largest absolute Gasteiger partial charge is 0.391 e. The van der Waals surface area contributed by atoms with Gasteiger partial charge in [-0.3, -0.25) is 9.59 Å². The minimum Gasteiger partial charge on any atom is -0.391 e. The summed E-state index contributed by atoms with van der Waals surface area (Å²) in [6, 6.07) is 17.3. The fourth-order valence-corrected chi connectivity index (χ4v) is 4.73. The molecule has 0 bridgehead atoms. The van der Waals surface area contributed by atoms with E-state index >= 15 is 0 Å². The van der Waals surface area contributed by atoms with E-state index in [-0.39, 0.29) is 23.3 Å². The van der Waals surface area contributed by atoms with Crippen LogP contribution in [0.1, 0.15) is 54.1 Å². The molecule has 2 N–H and O–H groups in total. The number of aliphatic hydroxyl groups excluding tert-OH is 1. The van der Waals surface area contributed by atoms with Crippen LogP contribution in [0.2, 0.25) is 0 Å². The Kier molecular flexibility index (Phi) is 8.04. The standard InChI is InChI=1S/C26H34N2O4/c1-19(29)27-18-26(22-7-5-4-6-8-22)15-13-23(24(30)14-16-26)28(2)25(31)21-11-9-20(10-12-21)17-32-3/h4-12,23-24,30H,13-18H2,1-3H3,(H,27,29)/t23-,24-,26-/m1/s1. The first kappa shape index (κ1) is 24.0. The van der Waals surface area contributed by atoms with Gasteiger partial charge in [0.25, 0.3) is 5.91 Å². The maximum Gasteiger partial charge on any atom is 0.253 e. The van der Waals surface area contributed by atoms with Gasteiger partial charge < -0.3 is 20.1 Å². The molecule has 2 aromatic carbocycles. The SMILES string of the molecule is COCc1ccc(C(=O)N(C)[C@@H]2CC[C@@](CNC(C)=O)(c3ccccc3)CC[C@H]2O)cc1. The maximum atomic E-state index is 13.1. The van der Waals surface area contributed by atoms with E-state index in [1.165, 1.54) is 6.92 Å². The van der Waals surface area contributed by atoms with Crippen LogP contribution >= 0.6 is 0 Å². The second-order valence-electron chi connectivity index (χ2n) is 8.81. The highest BCUT2D eigenvalue weighted by Gasteiger charge is 2.40. The van der Waals surface area contributed by atoms with Gasteiger partial charge in [0, 0.05) is 38.6 Å². The molecule has 172 valence electrons. The van der Waals surface area contributed by atoms with Crippen molar-refractivity contribution in [3.05, 3.63) is 71.3 Å². The third-order valence-electron chi connectivity index (χ3n) is 6.67. The van der Waals surface area contributed by atoms with E-state index in [4.69, 9.17) is 4.74 Å². The van der Waals surface area contributed by atoms with E-state index in [0.717, 1.165) is 24.0 Å². The molecule has 3 rings (SSSR count). The number of carbonyl (C=O) groups is 2. The zero-order valence-electron chi connectivity index (χ0n) is 19.2. The van der Waals surface area contributed by atoms with Gasteiger partial charge in [0.05, 0.1) is 18.8 Å². The first-order valence-corrected chi connectivity index (χ1v) is 11.2. The Morgan fingerprint density at radius 3 is 2.38 bits per heavy atom. The van der Waals surface area contributed by atoms with Crippen molar-refractivity contribution in [1.82, 2.24) is 10.2 Å². The third kappa shape index (κ3) is 5.56. The van der Waals surface area contributed by atoms with Gasteiger partial charge in [0.15, 0.2) is 0 Å². The van der Waals surface area contributed by atoms with Crippen LogP contribution in [0.5, 0.6) is 0 Å². The summed E-state index contributed by atoms with van der Waals surface area (Å²) in [6.45, 7) is 2.54. The number of amides is 2. The molecule has 1 saturated carbocycles. The van der Waals surface area contributed by atoms with Crippen LogP contribution in [0.15, 0.2) is 54.6 Å². The number of nitrogens with zero attached hydrogens (tertiary/aromatic N) is 1. The smallest absolute Gasteiger partial charge is 0.253 e. The van der Waals surface area contributed by atoms with Crippen molar-refractivity contribution in [3.63, 3.8) is 0 Å². The number of benzene rings is 2. The zero-order chi connectivity index (χ0) is 23.1. The second-order valence-corrected chi connectivity index (χ2v) is 8.81. The molecule has 3 atom stereocenters. The summed E-state index contributed by atoms with van der Waals surface area (Å²) in [6.07, 6.45) is 2.09. The zero-order valence-corrected chi connectivity index (χ0v) is 19.2. The predicted molar refractivity (Wildman–Crippen MR) is 124 cm³/mol. The van der Waals surface area contributed by atoms with Gasteiger partial charge >= 0.3 is 0 Å². The lowest BCUT2D eigenvalue weighted by molar-refractivity contribution is -0.119. The van der Waals surface area contributed by atoms with Crippen LogP contribution in [-0.4, -0.2) is 54.7 Å². The molecule has 2 aromatic rings. The molecule has 0 spiro atoms. The quantitative estimate of drug-likeness (QED) is 0.651. The summed E-state index contributed by atoms with van der Waals surface area (Å²) in [5, 5.41) is 14.0. The molecule has 2 amide bonds. The van der Waals surface area contributed by atoms with Crippen molar-refractivity contribution < 1.29 is 19.4 Å². The van der Waals surface area contributed by atoms with Crippen molar-refractivity contribution in [2.24, 2.45) is 0 Å². The molecule has 1 aliphatic rings. The number of methoxy groups -OCH3 is 1. The molecular weight excluding hydrogens is 404 g/mol. The Bertz CT molecular complexity index is 900. The minimum atomic E-state index is -0.625. The summed E-state index contributed by atoms with van der Waals surface area (Å²) in [5.41, 5.74) is 2.49. The average Bonchev–Trinajstić information content (AvgIpc) is 2.98. The summed E-state index contributed by atoms with van der Waals surface area (Å²) < 4.78 is 5.13. The lowest BCUT2D eigenvalue weighted by Crippen LogP contribution is -2.44. The van der Waals surface area contributed by atoms with E-state index in [1.807, 2.05) is 30.3 Å². The van der Waals surface area contributed by atoms with E-state index in [1.54, 1.807) is 31.2 Å². The van der Waals surface area contributed by atoms with Crippen LogP contribution in [-0.2, 0) is 21.6 Å². The number of rotatable bonds is 7. The van der Waals surface area contributed by atoms with Crippen LogP contribution in [0, 0.1) is 0 Å². The fourth-order valence-electron chi connectivity index (χ4n) is 4.73. The van der Waals surface area contributed by atoms with Gasteiger partial charge in [-0.05, 0) is 48.9 Å². The topological polar surface area (TPSA) is 78.9 Å². The number of hydrogen-bond donors (Lipinski definition) is 2. The first-order chi connectivity index (χ1) is 15.4.